The molecule has 0 aromatic heterocycles. The van der Waals surface area contributed by atoms with E-state index < -0.39 is 0 Å². The van der Waals surface area contributed by atoms with Gasteiger partial charge in [-0.05, 0) is 85.3 Å². The molecular formula is C30H33F. The summed E-state index contributed by atoms with van der Waals surface area (Å²) in [5.41, 5.74) is 4.27. The summed E-state index contributed by atoms with van der Waals surface area (Å²) in [7, 11) is 0. The lowest BCUT2D eigenvalue weighted by Gasteiger charge is -2.28. The minimum Gasteiger partial charge on any atom is -0.206 e. The average Bonchev–Trinajstić information content (AvgIpc) is 2.82. The van der Waals surface area contributed by atoms with Crippen LogP contribution in [0.2, 0.25) is 0 Å². The first kappa shape index (κ1) is 21.6. The standard InChI is InChI=1S/C30H33F/c1-3-5-7-22-9-12-24(13-10-22)25-14-16-26(17-15-25)28-20-18-27-21-23(8-6-4-2)11-19-29(27)30(28)31/h3-4,11,14-22,24H,1-2,5-10,12-13H2. The quantitative estimate of drug-likeness (QED) is 0.324. The van der Waals surface area contributed by atoms with Gasteiger partial charge < -0.3 is 0 Å². The first-order valence-corrected chi connectivity index (χ1v) is 11.7. The zero-order valence-corrected chi connectivity index (χ0v) is 18.5. The van der Waals surface area contributed by atoms with Crippen molar-refractivity contribution in [3.63, 3.8) is 0 Å². The third kappa shape index (κ3) is 4.98. The van der Waals surface area contributed by atoms with Gasteiger partial charge >= 0.3 is 0 Å². The van der Waals surface area contributed by atoms with Gasteiger partial charge in [0.25, 0.3) is 0 Å². The highest BCUT2D eigenvalue weighted by Gasteiger charge is 2.22. The molecule has 0 amide bonds. The monoisotopic (exact) mass is 412 g/mol. The smallest absolute Gasteiger partial charge is 0.138 e. The summed E-state index contributed by atoms with van der Waals surface area (Å²) in [6, 6.07) is 18.7. The maximum Gasteiger partial charge on any atom is 0.138 e. The number of halogens is 1. The number of benzene rings is 3. The third-order valence-corrected chi connectivity index (χ3v) is 6.97. The molecule has 0 aliphatic heterocycles. The molecular weight excluding hydrogens is 379 g/mol. The minimum atomic E-state index is -0.122. The summed E-state index contributed by atoms with van der Waals surface area (Å²) in [6.45, 7) is 7.63. The first-order valence-electron chi connectivity index (χ1n) is 11.7. The molecule has 1 aliphatic carbocycles. The second kappa shape index (κ2) is 10.1. The fourth-order valence-electron chi connectivity index (χ4n) is 5.06. The van der Waals surface area contributed by atoms with Crippen LogP contribution < -0.4 is 0 Å². The Labute approximate surface area is 186 Å². The number of fused-ring (bicyclic) bond motifs is 1. The van der Waals surface area contributed by atoms with Crippen molar-refractivity contribution in [1.29, 1.82) is 0 Å². The predicted molar refractivity (Wildman–Crippen MR) is 132 cm³/mol. The van der Waals surface area contributed by atoms with E-state index in [1.54, 1.807) is 0 Å². The summed E-state index contributed by atoms with van der Waals surface area (Å²) in [6.07, 6.45) is 13.4. The topological polar surface area (TPSA) is 0 Å². The Hall–Kier alpha value is -2.67. The van der Waals surface area contributed by atoms with Crippen LogP contribution >= 0.6 is 0 Å². The van der Waals surface area contributed by atoms with Crippen LogP contribution in [0.25, 0.3) is 21.9 Å². The van der Waals surface area contributed by atoms with Crippen molar-refractivity contribution >= 4 is 10.8 Å². The van der Waals surface area contributed by atoms with Crippen LogP contribution in [0, 0.1) is 11.7 Å². The van der Waals surface area contributed by atoms with Crippen molar-refractivity contribution in [3.05, 3.63) is 96.9 Å². The predicted octanol–water partition coefficient (Wildman–Crippen LogP) is 9.00. The molecule has 0 heterocycles. The van der Waals surface area contributed by atoms with Crippen molar-refractivity contribution in [2.45, 2.75) is 57.3 Å². The molecule has 0 N–H and O–H groups in total. The van der Waals surface area contributed by atoms with Crippen LogP contribution in [0.3, 0.4) is 0 Å². The van der Waals surface area contributed by atoms with Crippen LogP contribution in [0.1, 0.15) is 62.0 Å². The fourth-order valence-corrected chi connectivity index (χ4v) is 5.06. The van der Waals surface area contributed by atoms with Crippen LogP contribution in [0.4, 0.5) is 4.39 Å². The Morgan fingerprint density at radius 1 is 0.839 bits per heavy atom. The van der Waals surface area contributed by atoms with E-state index in [-0.39, 0.29) is 5.82 Å². The van der Waals surface area contributed by atoms with Gasteiger partial charge in [0.05, 0.1) is 0 Å². The van der Waals surface area contributed by atoms with Gasteiger partial charge in [0, 0.05) is 10.9 Å². The lowest BCUT2D eigenvalue weighted by atomic mass is 9.77. The zero-order chi connectivity index (χ0) is 21.6. The molecule has 4 rings (SSSR count). The Morgan fingerprint density at radius 2 is 1.58 bits per heavy atom. The maximum atomic E-state index is 15.3. The summed E-state index contributed by atoms with van der Waals surface area (Å²) in [5.74, 6) is 1.38. The van der Waals surface area contributed by atoms with E-state index in [1.165, 1.54) is 43.2 Å². The number of hydrogen-bond acceptors (Lipinski definition) is 0. The molecule has 3 aromatic carbocycles. The van der Waals surface area contributed by atoms with Crippen molar-refractivity contribution in [2.24, 2.45) is 5.92 Å². The highest BCUT2D eigenvalue weighted by atomic mass is 19.1. The molecule has 0 unspecified atom stereocenters. The second-order valence-corrected chi connectivity index (χ2v) is 9.02. The van der Waals surface area contributed by atoms with Crippen molar-refractivity contribution in [3.8, 4) is 11.1 Å². The minimum absolute atomic E-state index is 0.122. The lowest BCUT2D eigenvalue weighted by molar-refractivity contribution is 0.312. The van der Waals surface area contributed by atoms with Crippen LogP contribution in [-0.4, -0.2) is 0 Å². The van der Waals surface area contributed by atoms with E-state index in [2.05, 4.69) is 43.5 Å². The Kier molecular flexibility index (Phi) is 7.02. The molecule has 1 fully saturated rings. The molecule has 1 aliphatic rings. The van der Waals surface area contributed by atoms with Gasteiger partial charge in [-0.15, -0.1) is 13.2 Å². The molecule has 1 saturated carbocycles. The van der Waals surface area contributed by atoms with Gasteiger partial charge in [0.15, 0.2) is 0 Å². The summed E-state index contributed by atoms with van der Waals surface area (Å²) in [4.78, 5) is 0. The highest BCUT2D eigenvalue weighted by Crippen LogP contribution is 2.38. The highest BCUT2D eigenvalue weighted by molar-refractivity contribution is 5.88. The molecule has 0 nitrogen and oxygen atoms in total. The molecule has 0 saturated heterocycles. The van der Waals surface area contributed by atoms with Crippen molar-refractivity contribution in [2.75, 3.05) is 0 Å². The Balaban J connectivity index is 1.49. The van der Waals surface area contributed by atoms with Gasteiger partial charge in [0.1, 0.15) is 5.82 Å². The zero-order valence-electron chi connectivity index (χ0n) is 18.5. The molecule has 0 radical (unpaired) electrons. The number of rotatable bonds is 8. The van der Waals surface area contributed by atoms with Gasteiger partial charge in [-0.2, -0.15) is 0 Å². The third-order valence-electron chi connectivity index (χ3n) is 6.97. The first-order chi connectivity index (χ1) is 15.2. The molecule has 0 bridgehead atoms. The van der Waals surface area contributed by atoms with Crippen LogP contribution in [0.15, 0.2) is 79.9 Å². The SMILES string of the molecule is C=CCCc1ccc2c(F)c(-c3ccc(C4CCC(CCC=C)CC4)cc3)ccc2c1. The van der Waals surface area contributed by atoms with Gasteiger partial charge in [-0.3, -0.25) is 0 Å². The fraction of sp³-hybridized carbons (Fsp3) is 0.333. The number of allylic oxidation sites excluding steroid dienone is 2. The summed E-state index contributed by atoms with van der Waals surface area (Å²) in [5, 5.41) is 1.66. The van der Waals surface area contributed by atoms with Crippen LogP contribution in [-0.2, 0) is 6.42 Å². The molecule has 31 heavy (non-hydrogen) atoms. The number of aryl methyl sites for hydroxylation is 1. The molecule has 160 valence electrons. The Morgan fingerprint density at radius 3 is 2.29 bits per heavy atom. The van der Waals surface area contributed by atoms with Gasteiger partial charge in [-0.1, -0.05) is 66.7 Å². The summed E-state index contributed by atoms with van der Waals surface area (Å²) >= 11 is 0. The van der Waals surface area contributed by atoms with E-state index >= 15 is 4.39 Å². The average molecular weight is 413 g/mol. The van der Waals surface area contributed by atoms with Gasteiger partial charge in [0.2, 0.25) is 0 Å². The number of hydrogen-bond donors (Lipinski definition) is 0. The summed E-state index contributed by atoms with van der Waals surface area (Å²) < 4.78 is 15.3. The van der Waals surface area contributed by atoms with E-state index in [0.717, 1.165) is 36.1 Å². The molecule has 0 spiro atoms. The van der Waals surface area contributed by atoms with Crippen LogP contribution in [0.5, 0.6) is 0 Å². The second-order valence-electron chi connectivity index (χ2n) is 9.02. The Bertz CT molecular complexity index is 1040. The normalized spacial score (nSPS) is 18.7. The van der Waals surface area contributed by atoms with E-state index in [1.807, 2.05) is 36.4 Å². The molecule has 3 aromatic rings. The molecule has 0 atom stereocenters. The van der Waals surface area contributed by atoms with E-state index in [9.17, 15) is 0 Å². The maximum absolute atomic E-state index is 15.3. The van der Waals surface area contributed by atoms with Gasteiger partial charge in [-0.25, -0.2) is 4.39 Å². The van der Waals surface area contributed by atoms with Crippen molar-refractivity contribution in [1.82, 2.24) is 0 Å². The van der Waals surface area contributed by atoms with E-state index in [4.69, 9.17) is 0 Å². The van der Waals surface area contributed by atoms with E-state index in [0.29, 0.717) is 16.9 Å². The molecule has 1 heteroatoms. The lowest BCUT2D eigenvalue weighted by Crippen LogP contribution is -2.13. The van der Waals surface area contributed by atoms with Crippen molar-refractivity contribution < 1.29 is 4.39 Å². The largest absolute Gasteiger partial charge is 0.206 e.